The second-order valence-electron chi connectivity index (χ2n) is 8.33. The number of rotatable bonds is 5. The van der Waals surface area contributed by atoms with Gasteiger partial charge in [0.1, 0.15) is 0 Å². The fourth-order valence-corrected chi connectivity index (χ4v) is 6.84. The van der Waals surface area contributed by atoms with E-state index in [4.69, 9.17) is 0 Å². The molecule has 0 atom stereocenters. The van der Waals surface area contributed by atoms with Crippen LogP contribution in [0.5, 0.6) is 0 Å². The second-order valence-corrected chi connectivity index (χ2v) is 10.0. The first-order chi connectivity index (χ1) is 11.8. The highest BCUT2D eigenvalue weighted by Crippen LogP contribution is 2.55. The van der Waals surface area contributed by atoms with E-state index in [0.29, 0.717) is 28.3 Å². The van der Waals surface area contributed by atoms with Crippen LogP contribution in [0.4, 0.5) is 5.69 Å². The van der Waals surface area contributed by atoms with Crippen molar-refractivity contribution in [2.24, 2.45) is 28.1 Å². The minimum absolute atomic E-state index is 0.211. The van der Waals surface area contributed by atoms with Crippen molar-refractivity contribution in [3.8, 4) is 0 Å². The lowest BCUT2D eigenvalue weighted by Crippen LogP contribution is -2.59. The average molecular weight is 362 g/mol. The molecule has 1 aromatic carbocycles. The molecule has 0 spiro atoms. The standard InChI is InChI=1S/C18H26N4O2S/c1-22(2)21-19-16-3-5-17(6-4-16)25(23,24)20-18-10-13-7-14(11-18)9-15(8-13)12-18/h3-6,13-15,20H,7-12H2,1-2H3. The van der Waals surface area contributed by atoms with Gasteiger partial charge in [0.15, 0.2) is 0 Å². The first-order valence-corrected chi connectivity index (χ1v) is 10.5. The third-order valence-corrected chi connectivity index (χ3v) is 7.47. The van der Waals surface area contributed by atoms with Crippen LogP contribution >= 0.6 is 0 Å². The van der Waals surface area contributed by atoms with Crippen molar-refractivity contribution >= 4 is 15.7 Å². The van der Waals surface area contributed by atoms with Crippen molar-refractivity contribution in [3.63, 3.8) is 0 Å². The first-order valence-electron chi connectivity index (χ1n) is 9.07. The molecular weight excluding hydrogens is 336 g/mol. The van der Waals surface area contributed by atoms with Gasteiger partial charge in [0.25, 0.3) is 0 Å². The van der Waals surface area contributed by atoms with E-state index in [1.807, 2.05) is 0 Å². The summed E-state index contributed by atoms with van der Waals surface area (Å²) in [4.78, 5) is 0.312. The van der Waals surface area contributed by atoms with Crippen LogP contribution in [0.25, 0.3) is 0 Å². The largest absolute Gasteiger partial charge is 0.285 e. The number of hydrogen-bond donors (Lipinski definition) is 1. The Morgan fingerprint density at radius 3 is 2.00 bits per heavy atom. The van der Waals surface area contributed by atoms with Gasteiger partial charge in [-0.1, -0.05) is 5.22 Å². The van der Waals surface area contributed by atoms with Crippen LogP contribution in [0.1, 0.15) is 38.5 Å². The third kappa shape index (κ3) is 3.44. The maximum absolute atomic E-state index is 12.9. The van der Waals surface area contributed by atoms with Crippen LogP contribution in [-0.4, -0.2) is 33.1 Å². The molecule has 0 heterocycles. The zero-order chi connectivity index (χ0) is 17.7. The predicted octanol–water partition coefficient (Wildman–Crippen LogP) is 3.49. The van der Waals surface area contributed by atoms with Crippen LogP contribution in [0.3, 0.4) is 0 Å². The van der Waals surface area contributed by atoms with Gasteiger partial charge in [0, 0.05) is 19.6 Å². The van der Waals surface area contributed by atoms with E-state index in [2.05, 4.69) is 15.1 Å². The molecule has 136 valence electrons. The van der Waals surface area contributed by atoms with Gasteiger partial charge in [-0.2, -0.15) is 0 Å². The fraction of sp³-hybridized carbons (Fsp3) is 0.667. The van der Waals surface area contributed by atoms with E-state index in [0.717, 1.165) is 19.3 Å². The number of benzene rings is 1. The number of hydrogen-bond acceptors (Lipinski definition) is 4. The molecule has 0 aliphatic heterocycles. The van der Waals surface area contributed by atoms with Crippen molar-refractivity contribution in [1.82, 2.24) is 9.73 Å². The van der Waals surface area contributed by atoms with Gasteiger partial charge in [-0.3, -0.25) is 5.01 Å². The van der Waals surface area contributed by atoms with Crippen molar-refractivity contribution < 1.29 is 8.42 Å². The van der Waals surface area contributed by atoms with Crippen LogP contribution in [-0.2, 0) is 10.0 Å². The molecule has 4 aliphatic rings. The fourth-order valence-electron chi connectivity index (χ4n) is 5.41. The summed E-state index contributed by atoms with van der Waals surface area (Å²) in [5, 5.41) is 9.57. The van der Waals surface area contributed by atoms with Crippen LogP contribution in [0.2, 0.25) is 0 Å². The minimum atomic E-state index is -3.50. The second kappa shape index (κ2) is 6.06. The number of nitrogens with one attached hydrogen (secondary N) is 1. The maximum atomic E-state index is 12.9. The third-order valence-electron chi connectivity index (χ3n) is 5.88. The average Bonchev–Trinajstić information content (AvgIpc) is 2.51. The summed E-state index contributed by atoms with van der Waals surface area (Å²) in [6.07, 6.45) is 6.92. The summed E-state index contributed by atoms with van der Waals surface area (Å²) < 4.78 is 28.9. The lowest BCUT2D eigenvalue weighted by atomic mass is 9.53. The SMILES string of the molecule is CN(C)N=Nc1ccc(S(=O)(=O)NC23CC4CC(CC(C4)C2)C3)cc1. The van der Waals surface area contributed by atoms with Gasteiger partial charge in [0.2, 0.25) is 10.0 Å². The summed E-state index contributed by atoms with van der Waals surface area (Å²) in [6, 6.07) is 6.63. The molecular formula is C18H26N4O2S. The molecule has 7 heteroatoms. The predicted molar refractivity (Wildman–Crippen MR) is 95.9 cm³/mol. The molecule has 0 saturated heterocycles. The molecule has 25 heavy (non-hydrogen) atoms. The molecule has 4 aliphatic carbocycles. The lowest BCUT2D eigenvalue weighted by molar-refractivity contribution is -0.00810. The van der Waals surface area contributed by atoms with E-state index in [1.165, 1.54) is 19.3 Å². The van der Waals surface area contributed by atoms with Crippen molar-refractivity contribution in [2.75, 3.05) is 14.1 Å². The maximum Gasteiger partial charge on any atom is 0.241 e. The quantitative estimate of drug-likeness (QED) is 0.643. The Kier molecular flexibility index (Phi) is 4.11. The van der Waals surface area contributed by atoms with Crippen molar-refractivity contribution in [1.29, 1.82) is 0 Å². The molecule has 4 fully saturated rings. The van der Waals surface area contributed by atoms with Gasteiger partial charge in [0.05, 0.1) is 10.6 Å². The Morgan fingerprint density at radius 2 is 1.52 bits per heavy atom. The molecule has 1 aromatic rings. The molecule has 5 rings (SSSR count). The highest BCUT2D eigenvalue weighted by molar-refractivity contribution is 7.89. The minimum Gasteiger partial charge on any atom is -0.285 e. The highest BCUT2D eigenvalue weighted by atomic mass is 32.2. The van der Waals surface area contributed by atoms with Crippen molar-refractivity contribution in [2.45, 2.75) is 49.0 Å². The van der Waals surface area contributed by atoms with E-state index < -0.39 is 10.0 Å². The zero-order valence-electron chi connectivity index (χ0n) is 14.9. The summed E-state index contributed by atoms with van der Waals surface area (Å²) >= 11 is 0. The van der Waals surface area contributed by atoms with Crippen molar-refractivity contribution in [3.05, 3.63) is 24.3 Å². The summed E-state index contributed by atoms with van der Waals surface area (Å²) in [5.41, 5.74) is 0.430. The van der Waals surface area contributed by atoms with E-state index in [1.54, 1.807) is 43.4 Å². The topological polar surface area (TPSA) is 74.1 Å². The Balaban J connectivity index is 1.52. The summed E-state index contributed by atoms with van der Waals surface area (Å²) in [7, 11) is 0.0752. The molecule has 0 radical (unpaired) electrons. The first kappa shape index (κ1) is 17.0. The lowest BCUT2D eigenvalue weighted by Gasteiger charge is -2.56. The van der Waals surface area contributed by atoms with E-state index >= 15 is 0 Å². The Labute approximate surface area is 149 Å². The molecule has 4 saturated carbocycles. The van der Waals surface area contributed by atoms with Crippen LogP contribution in [0, 0.1) is 17.8 Å². The smallest absolute Gasteiger partial charge is 0.241 e. The molecule has 0 amide bonds. The number of sulfonamides is 1. The molecule has 4 bridgehead atoms. The Bertz CT molecular complexity index is 735. The van der Waals surface area contributed by atoms with E-state index in [9.17, 15) is 8.42 Å². The molecule has 0 unspecified atom stereocenters. The summed E-state index contributed by atoms with van der Waals surface area (Å²) in [5.74, 6) is 2.13. The molecule has 1 N–H and O–H groups in total. The monoisotopic (exact) mass is 362 g/mol. The molecule has 0 aromatic heterocycles. The molecule has 6 nitrogen and oxygen atoms in total. The zero-order valence-corrected chi connectivity index (χ0v) is 15.7. The highest BCUT2D eigenvalue weighted by Gasteiger charge is 2.52. The van der Waals surface area contributed by atoms with E-state index in [-0.39, 0.29) is 5.54 Å². The van der Waals surface area contributed by atoms with Crippen LogP contribution in [0.15, 0.2) is 39.5 Å². The Hall–Kier alpha value is -1.47. The van der Waals surface area contributed by atoms with Gasteiger partial charge in [-0.05, 0) is 80.5 Å². The summed E-state index contributed by atoms with van der Waals surface area (Å²) in [6.45, 7) is 0. The normalized spacial score (nSPS) is 33.9. The van der Waals surface area contributed by atoms with Gasteiger partial charge >= 0.3 is 0 Å². The van der Waals surface area contributed by atoms with Gasteiger partial charge < -0.3 is 0 Å². The Morgan fingerprint density at radius 1 is 1.00 bits per heavy atom. The van der Waals surface area contributed by atoms with Crippen LogP contribution < -0.4 is 4.72 Å². The number of nitrogens with zero attached hydrogens (tertiary/aromatic N) is 3. The van der Waals surface area contributed by atoms with Gasteiger partial charge in [-0.25, -0.2) is 13.1 Å². The van der Waals surface area contributed by atoms with Gasteiger partial charge in [-0.15, -0.1) is 5.11 Å².